The number of carbonyl (C=O) groups excluding carboxylic acids is 1. The Bertz CT molecular complexity index is 809. The number of benzene rings is 1. The van der Waals surface area contributed by atoms with Crippen LogP contribution in [0.3, 0.4) is 0 Å². The van der Waals surface area contributed by atoms with Crippen LogP contribution in [0.2, 0.25) is 0 Å². The molecule has 0 saturated carbocycles. The van der Waals surface area contributed by atoms with Gasteiger partial charge in [-0.2, -0.15) is 0 Å². The van der Waals surface area contributed by atoms with Gasteiger partial charge >= 0.3 is 0 Å². The molecular weight excluding hydrogens is 356 g/mol. The molecule has 134 valence electrons. The van der Waals surface area contributed by atoms with Gasteiger partial charge in [-0.15, -0.1) is 11.3 Å². The van der Waals surface area contributed by atoms with E-state index in [2.05, 4.69) is 4.72 Å². The lowest BCUT2D eigenvalue weighted by atomic mass is 10.2. The van der Waals surface area contributed by atoms with E-state index in [4.69, 9.17) is 0 Å². The van der Waals surface area contributed by atoms with Crippen LogP contribution in [0, 0.1) is 0 Å². The topological polar surface area (TPSA) is 66.5 Å². The number of nitrogens with one attached hydrogen (secondary N) is 1. The first-order chi connectivity index (χ1) is 12.1. The van der Waals surface area contributed by atoms with Crippen molar-refractivity contribution in [2.24, 2.45) is 0 Å². The summed E-state index contributed by atoms with van der Waals surface area (Å²) in [5.41, 5.74) is 0.431. The van der Waals surface area contributed by atoms with E-state index in [1.807, 2.05) is 22.4 Å². The van der Waals surface area contributed by atoms with Gasteiger partial charge in [-0.25, -0.2) is 13.1 Å². The minimum atomic E-state index is -3.64. The molecule has 0 spiro atoms. The molecule has 0 bridgehead atoms. The Morgan fingerprint density at radius 1 is 1.08 bits per heavy atom. The van der Waals surface area contributed by atoms with Gasteiger partial charge in [0, 0.05) is 30.1 Å². The quantitative estimate of drug-likeness (QED) is 0.868. The van der Waals surface area contributed by atoms with E-state index in [1.165, 1.54) is 23.5 Å². The lowest BCUT2D eigenvalue weighted by Gasteiger charge is -2.20. The van der Waals surface area contributed by atoms with Crippen LogP contribution in [0.25, 0.3) is 0 Å². The molecule has 2 aromatic rings. The van der Waals surface area contributed by atoms with Gasteiger partial charge in [-0.05, 0) is 42.5 Å². The normalized spacial score (nSPS) is 15.8. The smallest absolute Gasteiger partial charge is 0.253 e. The zero-order valence-corrected chi connectivity index (χ0v) is 15.6. The number of hydrogen-bond donors (Lipinski definition) is 1. The van der Waals surface area contributed by atoms with Crippen LogP contribution in [0.5, 0.6) is 0 Å². The SMILES string of the molecule is O=C(c1cccc(S(=O)(=O)NCc2cccs2)c1)N1CCCCCC1. The van der Waals surface area contributed by atoms with Crippen molar-refractivity contribution in [1.82, 2.24) is 9.62 Å². The molecule has 0 aliphatic carbocycles. The number of amides is 1. The molecule has 1 amide bonds. The summed E-state index contributed by atoms with van der Waals surface area (Å²) in [6.07, 6.45) is 4.30. The van der Waals surface area contributed by atoms with Crippen molar-refractivity contribution in [2.75, 3.05) is 13.1 Å². The predicted octanol–water partition coefficient (Wildman–Crippen LogP) is 3.24. The molecule has 3 rings (SSSR count). The summed E-state index contributed by atoms with van der Waals surface area (Å²) in [6, 6.07) is 10.1. The van der Waals surface area contributed by atoms with E-state index in [0.29, 0.717) is 5.56 Å². The minimum Gasteiger partial charge on any atom is -0.339 e. The maximum Gasteiger partial charge on any atom is 0.253 e. The first kappa shape index (κ1) is 18.1. The predicted molar refractivity (Wildman–Crippen MR) is 99.2 cm³/mol. The molecule has 2 heterocycles. The Morgan fingerprint density at radius 2 is 1.84 bits per heavy atom. The molecule has 5 nitrogen and oxygen atoms in total. The molecule has 1 N–H and O–H groups in total. The molecule has 1 aromatic carbocycles. The van der Waals surface area contributed by atoms with Crippen LogP contribution < -0.4 is 4.72 Å². The molecule has 7 heteroatoms. The van der Waals surface area contributed by atoms with Crippen LogP contribution in [0.1, 0.15) is 40.9 Å². The van der Waals surface area contributed by atoms with Crippen LogP contribution in [0.15, 0.2) is 46.7 Å². The molecule has 25 heavy (non-hydrogen) atoms. The van der Waals surface area contributed by atoms with Gasteiger partial charge < -0.3 is 4.90 Å². The van der Waals surface area contributed by atoms with Crippen molar-refractivity contribution < 1.29 is 13.2 Å². The van der Waals surface area contributed by atoms with Gasteiger partial charge in [-0.3, -0.25) is 4.79 Å². The summed E-state index contributed by atoms with van der Waals surface area (Å²) in [4.78, 5) is 15.6. The lowest BCUT2D eigenvalue weighted by Crippen LogP contribution is -2.32. The van der Waals surface area contributed by atoms with Gasteiger partial charge in [0.25, 0.3) is 5.91 Å². The van der Waals surface area contributed by atoms with Gasteiger partial charge in [0.05, 0.1) is 4.90 Å². The molecular formula is C18H22N2O3S2. The van der Waals surface area contributed by atoms with Crippen LogP contribution in [0.4, 0.5) is 0 Å². The first-order valence-electron chi connectivity index (χ1n) is 8.48. The second-order valence-corrected chi connectivity index (χ2v) is 8.94. The molecule has 1 fully saturated rings. The fourth-order valence-corrected chi connectivity index (χ4v) is 4.70. The molecule has 0 unspecified atom stereocenters. The molecule has 0 atom stereocenters. The average Bonchev–Trinajstić information content (AvgIpc) is 3.00. The van der Waals surface area contributed by atoms with Crippen LogP contribution >= 0.6 is 11.3 Å². The van der Waals surface area contributed by atoms with Crippen molar-refractivity contribution >= 4 is 27.3 Å². The zero-order chi connectivity index (χ0) is 17.7. The van der Waals surface area contributed by atoms with E-state index in [1.54, 1.807) is 12.1 Å². The number of carbonyl (C=O) groups is 1. The first-order valence-corrected chi connectivity index (χ1v) is 10.8. The standard InChI is InChI=1S/C18H22N2O3S2/c21-18(20-10-3-1-2-4-11-20)15-7-5-9-17(13-15)25(22,23)19-14-16-8-6-12-24-16/h5-9,12-13,19H,1-4,10-11,14H2. The maximum atomic E-state index is 12.7. The highest BCUT2D eigenvalue weighted by atomic mass is 32.2. The summed E-state index contributed by atoms with van der Waals surface area (Å²) in [5, 5.41) is 1.91. The summed E-state index contributed by atoms with van der Waals surface area (Å²) >= 11 is 1.50. The Kier molecular flexibility index (Phi) is 5.88. The number of sulfonamides is 1. The highest BCUT2D eigenvalue weighted by molar-refractivity contribution is 7.89. The Hall–Kier alpha value is -1.70. The van der Waals surface area contributed by atoms with Crippen molar-refractivity contribution in [1.29, 1.82) is 0 Å². The van der Waals surface area contributed by atoms with Gasteiger partial charge in [-0.1, -0.05) is 25.0 Å². The Balaban J connectivity index is 1.74. The lowest BCUT2D eigenvalue weighted by molar-refractivity contribution is 0.0761. The van der Waals surface area contributed by atoms with Crippen molar-refractivity contribution in [2.45, 2.75) is 37.1 Å². The highest BCUT2D eigenvalue weighted by Gasteiger charge is 2.20. The molecule has 1 aromatic heterocycles. The summed E-state index contributed by atoms with van der Waals surface area (Å²) in [6.45, 7) is 1.74. The van der Waals surface area contributed by atoms with Crippen LogP contribution in [-0.2, 0) is 16.6 Å². The molecule has 1 saturated heterocycles. The summed E-state index contributed by atoms with van der Waals surface area (Å²) in [5.74, 6) is -0.0859. The van der Waals surface area contributed by atoms with Gasteiger partial charge in [0.2, 0.25) is 10.0 Å². The zero-order valence-electron chi connectivity index (χ0n) is 14.0. The monoisotopic (exact) mass is 378 g/mol. The molecule has 1 aliphatic rings. The molecule has 1 aliphatic heterocycles. The molecule has 0 radical (unpaired) electrons. The van der Waals surface area contributed by atoms with Crippen molar-refractivity contribution in [3.8, 4) is 0 Å². The number of hydrogen-bond acceptors (Lipinski definition) is 4. The van der Waals surface area contributed by atoms with E-state index in [0.717, 1.165) is 43.6 Å². The fourth-order valence-electron chi connectivity index (χ4n) is 2.92. The Morgan fingerprint density at radius 3 is 2.52 bits per heavy atom. The third-order valence-corrected chi connectivity index (χ3v) is 6.58. The van der Waals surface area contributed by atoms with Crippen molar-refractivity contribution in [3.05, 3.63) is 52.2 Å². The van der Waals surface area contributed by atoms with E-state index in [-0.39, 0.29) is 17.3 Å². The second-order valence-electron chi connectivity index (χ2n) is 6.14. The Labute approximate surface area is 152 Å². The van der Waals surface area contributed by atoms with Crippen LogP contribution in [-0.4, -0.2) is 32.3 Å². The van der Waals surface area contributed by atoms with Gasteiger partial charge in [0.15, 0.2) is 0 Å². The average molecular weight is 379 g/mol. The van der Waals surface area contributed by atoms with E-state index in [9.17, 15) is 13.2 Å². The van der Waals surface area contributed by atoms with Gasteiger partial charge in [0.1, 0.15) is 0 Å². The number of thiophene rings is 1. The highest BCUT2D eigenvalue weighted by Crippen LogP contribution is 2.17. The fraction of sp³-hybridized carbons (Fsp3) is 0.389. The van der Waals surface area contributed by atoms with Crippen molar-refractivity contribution in [3.63, 3.8) is 0 Å². The van der Waals surface area contributed by atoms with E-state index < -0.39 is 10.0 Å². The maximum absolute atomic E-state index is 12.7. The summed E-state index contributed by atoms with van der Waals surface area (Å²) in [7, 11) is -3.64. The van der Waals surface area contributed by atoms with E-state index >= 15 is 0 Å². The second kappa shape index (κ2) is 8.12. The largest absolute Gasteiger partial charge is 0.339 e. The number of rotatable bonds is 5. The number of likely N-dealkylation sites (tertiary alicyclic amines) is 1. The third kappa shape index (κ3) is 4.68. The minimum absolute atomic E-state index is 0.0859. The number of nitrogens with zero attached hydrogens (tertiary/aromatic N) is 1. The summed E-state index contributed by atoms with van der Waals surface area (Å²) < 4.78 is 27.6. The third-order valence-electron chi connectivity index (χ3n) is 4.30.